The maximum absolute atomic E-state index is 12.7. The molecule has 19 heteroatoms. The van der Waals surface area contributed by atoms with Gasteiger partial charge in [0.2, 0.25) is 0 Å². The average Bonchev–Trinajstić information content (AvgIpc) is 3.10. The number of carboxylic acids is 4. The van der Waals surface area contributed by atoms with Gasteiger partial charge in [0.1, 0.15) is 36.5 Å². The van der Waals surface area contributed by atoms with Crippen LogP contribution in [0.3, 0.4) is 0 Å². The van der Waals surface area contributed by atoms with E-state index in [0.717, 1.165) is 5.56 Å². The Kier molecular flexibility index (Phi) is 25.3. The van der Waals surface area contributed by atoms with Crippen molar-refractivity contribution in [3.8, 4) is 5.75 Å². The van der Waals surface area contributed by atoms with E-state index in [1.807, 2.05) is 31.2 Å². The molecule has 53 heavy (non-hydrogen) atoms. The minimum atomic E-state index is -1.38. The van der Waals surface area contributed by atoms with Gasteiger partial charge in [0.05, 0.1) is 39.6 Å². The predicted octanol–water partition coefficient (Wildman–Crippen LogP) is -1.55. The molecule has 4 atom stereocenters. The molecule has 0 radical (unpaired) electrons. The molecule has 1 aliphatic heterocycles. The molecule has 1 aromatic rings. The number of hydrogen-bond acceptors (Lipinski definition) is 14. The summed E-state index contributed by atoms with van der Waals surface area (Å²) in [6.45, 7) is 1.81. The van der Waals surface area contributed by atoms with Crippen molar-refractivity contribution in [2.45, 2.75) is 50.4 Å². The summed E-state index contributed by atoms with van der Waals surface area (Å²) in [5.41, 5.74) is 0.960. The minimum Gasteiger partial charge on any atom is -0.491 e. The Morgan fingerprint density at radius 1 is 0.585 bits per heavy atom. The number of carboxylic acid groups (broad SMARTS) is 4. The zero-order chi connectivity index (χ0) is 38.5. The maximum Gasteiger partial charge on any atom is 0.323 e. The topological polar surface area (TPSA) is 251 Å². The van der Waals surface area contributed by atoms with Crippen LogP contribution in [0.2, 0.25) is 0 Å². The number of benzene rings is 1. The second kappa shape index (κ2) is 27.4. The fraction of sp³-hybridized carbons (Fsp3) is 0.706. The van der Waals surface area contributed by atoms with E-state index in [1.165, 1.54) is 14.7 Å². The first-order valence-corrected chi connectivity index (χ1v) is 17.5. The molecule has 7 N–H and O–H groups in total. The van der Waals surface area contributed by atoms with Crippen molar-refractivity contribution in [3.05, 3.63) is 29.8 Å². The third-order valence-corrected chi connectivity index (χ3v) is 9.06. The van der Waals surface area contributed by atoms with Crippen LogP contribution in [-0.2, 0) is 35.1 Å². The fourth-order valence-electron chi connectivity index (χ4n) is 6.07. The molecule has 2 rings (SSSR count). The third kappa shape index (κ3) is 17.5. The SMILES string of the molecule is CCOCCOCCOc1ccc(CCC[C@H](C(=O)O)N2CCN([C@H](CO)C(=O)O)CCN([C@H](CO)C(=O)O)CCN([C@H](CO)C(=O)O)CC2)cc1.[Gd]. The number of aliphatic hydroxyl groups excluding tert-OH is 3. The van der Waals surface area contributed by atoms with Crippen molar-refractivity contribution in [1.82, 2.24) is 19.6 Å². The Labute approximate surface area is 341 Å². The van der Waals surface area contributed by atoms with Gasteiger partial charge in [-0.1, -0.05) is 12.1 Å². The third-order valence-electron chi connectivity index (χ3n) is 9.06. The zero-order valence-corrected chi connectivity index (χ0v) is 32.5. The van der Waals surface area contributed by atoms with Crippen LogP contribution < -0.4 is 4.74 Å². The molecular formula is C34H56GdN4O14. The second-order valence-corrected chi connectivity index (χ2v) is 12.3. The van der Waals surface area contributed by atoms with Gasteiger partial charge in [0, 0.05) is 98.9 Å². The number of aliphatic carboxylic acids is 4. The Bertz CT molecular complexity index is 1180. The van der Waals surface area contributed by atoms with Crippen LogP contribution in [0.15, 0.2) is 24.3 Å². The summed E-state index contributed by atoms with van der Waals surface area (Å²) in [7, 11) is 0. The molecule has 18 nitrogen and oxygen atoms in total. The summed E-state index contributed by atoms with van der Waals surface area (Å²) in [6.07, 6.45) is 1.24. The van der Waals surface area contributed by atoms with E-state index in [1.54, 1.807) is 4.90 Å². The van der Waals surface area contributed by atoms with Crippen LogP contribution in [0.4, 0.5) is 0 Å². The molecule has 0 spiro atoms. The Morgan fingerprint density at radius 2 is 0.943 bits per heavy atom. The maximum atomic E-state index is 12.7. The molecule has 0 saturated carbocycles. The normalized spacial score (nSPS) is 18.0. The molecule has 0 aromatic heterocycles. The molecule has 304 valence electrons. The fourth-order valence-corrected chi connectivity index (χ4v) is 6.07. The van der Waals surface area contributed by atoms with E-state index in [4.69, 9.17) is 14.2 Å². The molecule has 1 heterocycles. The number of carbonyl (C=O) groups is 4. The summed E-state index contributed by atoms with van der Waals surface area (Å²) in [5, 5.41) is 69.5. The van der Waals surface area contributed by atoms with Gasteiger partial charge < -0.3 is 50.0 Å². The molecule has 1 saturated heterocycles. The first-order valence-electron chi connectivity index (χ1n) is 17.5. The summed E-state index contributed by atoms with van der Waals surface area (Å²) < 4.78 is 16.4. The van der Waals surface area contributed by atoms with Gasteiger partial charge >= 0.3 is 23.9 Å². The van der Waals surface area contributed by atoms with Gasteiger partial charge in [-0.3, -0.25) is 38.8 Å². The quantitative estimate of drug-likeness (QED) is 0.0615. The van der Waals surface area contributed by atoms with Gasteiger partial charge in [-0.25, -0.2) is 0 Å². The first-order chi connectivity index (χ1) is 25.0. The Hall–Kier alpha value is -2.14. The van der Waals surface area contributed by atoms with Crippen LogP contribution >= 0.6 is 0 Å². The van der Waals surface area contributed by atoms with Crippen molar-refractivity contribution in [2.75, 3.05) is 105 Å². The number of nitrogens with zero attached hydrogens (tertiary/aromatic N) is 4. The molecule has 1 aliphatic rings. The molecule has 0 amide bonds. The monoisotopic (exact) mass is 902 g/mol. The van der Waals surface area contributed by atoms with Gasteiger partial charge in [-0.2, -0.15) is 0 Å². The molecule has 0 bridgehead atoms. The van der Waals surface area contributed by atoms with Gasteiger partial charge in [0.15, 0.2) is 0 Å². The standard InChI is InChI=1S/C34H56N4O14.Gd/c1-2-50-18-19-51-20-21-52-26-8-6-25(7-9-26)4-3-5-27(31(42)43)35-10-12-36(28(22-39)32(44)45)14-16-38(30(24-41)34(48)49)17-15-37(13-11-35)29(23-40)33(46)47;/h6-9,27-30,39-41H,2-5,10-24H2,1H3,(H,42,43)(H,44,45)(H,46,47)(H,48,49);/t27-,28-,29-,30-;/m1./s1. The average molecular weight is 902 g/mol. The molecule has 1 fully saturated rings. The number of ether oxygens (including phenoxy) is 3. The predicted molar refractivity (Wildman–Crippen MR) is 185 cm³/mol. The molecule has 0 unspecified atom stereocenters. The van der Waals surface area contributed by atoms with E-state index in [2.05, 4.69) is 0 Å². The summed E-state index contributed by atoms with van der Waals surface area (Å²) >= 11 is 0. The second-order valence-electron chi connectivity index (χ2n) is 12.3. The first kappa shape index (κ1) is 48.9. The zero-order valence-electron chi connectivity index (χ0n) is 30.2. The van der Waals surface area contributed by atoms with Gasteiger partial charge in [-0.15, -0.1) is 0 Å². The number of hydrogen-bond donors (Lipinski definition) is 7. The van der Waals surface area contributed by atoms with Crippen LogP contribution in [-0.4, -0.2) is 209 Å². The summed E-state index contributed by atoms with van der Waals surface area (Å²) in [4.78, 5) is 54.6. The Balaban J connectivity index is 0.0000140. The summed E-state index contributed by atoms with van der Waals surface area (Å²) in [5.74, 6) is -4.43. The van der Waals surface area contributed by atoms with E-state index in [9.17, 15) is 54.9 Å². The number of aryl methyl sites for hydroxylation is 1. The summed E-state index contributed by atoms with van der Waals surface area (Å²) in [6, 6.07) is 2.29. The number of aliphatic hydroxyl groups is 3. The van der Waals surface area contributed by atoms with Crippen molar-refractivity contribution in [3.63, 3.8) is 0 Å². The van der Waals surface area contributed by atoms with E-state index < -0.39 is 67.9 Å². The molecule has 1 aromatic carbocycles. The smallest absolute Gasteiger partial charge is 0.323 e. The van der Waals surface area contributed by atoms with Gasteiger partial charge in [-0.05, 0) is 43.9 Å². The Morgan fingerprint density at radius 3 is 1.30 bits per heavy atom. The van der Waals surface area contributed by atoms with E-state index >= 15 is 0 Å². The molecule has 0 aliphatic carbocycles. The largest absolute Gasteiger partial charge is 0.491 e. The van der Waals surface area contributed by atoms with Crippen LogP contribution in [0.1, 0.15) is 25.3 Å². The van der Waals surface area contributed by atoms with Crippen molar-refractivity contribution in [2.24, 2.45) is 0 Å². The van der Waals surface area contributed by atoms with Crippen LogP contribution in [0.25, 0.3) is 0 Å². The van der Waals surface area contributed by atoms with Crippen LogP contribution in [0, 0.1) is 39.9 Å². The van der Waals surface area contributed by atoms with Crippen molar-refractivity contribution in [1.29, 1.82) is 0 Å². The van der Waals surface area contributed by atoms with E-state index in [-0.39, 0.29) is 98.7 Å². The minimum absolute atomic E-state index is 0. The van der Waals surface area contributed by atoms with Crippen LogP contribution in [0.5, 0.6) is 5.75 Å². The molecular weight excluding hydrogens is 846 g/mol. The number of rotatable bonds is 23. The van der Waals surface area contributed by atoms with E-state index in [0.29, 0.717) is 51.6 Å². The van der Waals surface area contributed by atoms with Crippen molar-refractivity contribution < 1.29 is 109 Å². The van der Waals surface area contributed by atoms with Gasteiger partial charge in [0.25, 0.3) is 0 Å². The van der Waals surface area contributed by atoms with Crippen molar-refractivity contribution >= 4 is 23.9 Å².